The molecule has 7 nitrogen and oxygen atoms in total. The fraction of sp³-hybridized carbons (Fsp3) is 0.364. The van der Waals surface area contributed by atoms with E-state index >= 15 is 0 Å². The van der Waals surface area contributed by atoms with E-state index in [1.807, 2.05) is 24.3 Å². The number of hydroxylamine groups is 2. The van der Waals surface area contributed by atoms with Gasteiger partial charge in [-0.25, -0.2) is 4.79 Å². The molecule has 2 heterocycles. The molecule has 11 heteroatoms. The minimum atomic E-state index is -4.56. The van der Waals surface area contributed by atoms with Gasteiger partial charge in [-0.2, -0.15) is 13.2 Å². The van der Waals surface area contributed by atoms with Gasteiger partial charge >= 0.3 is 12.3 Å². The zero-order valence-electron chi connectivity index (χ0n) is 17.6. The second-order valence-electron chi connectivity index (χ2n) is 7.85. The molecular formula is C22H21ClF3N3O4. The van der Waals surface area contributed by atoms with Gasteiger partial charge < -0.3 is 14.4 Å². The average Bonchev–Trinajstić information content (AvgIpc) is 3.20. The molecule has 0 atom stereocenters. The largest absolute Gasteiger partial charge is 0.497 e. The van der Waals surface area contributed by atoms with Crippen molar-refractivity contribution in [1.82, 2.24) is 5.06 Å². The van der Waals surface area contributed by atoms with Crippen LogP contribution in [0.1, 0.15) is 30.4 Å². The van der Waals surface area contributed by atoms with E-state index in [-0.39, 0.29) is 10.7 Å². The van der Waals surface area contributed by atoms with Crippen LogP contribution in [0, 0.1) is 0 Å². The summed E-state index contributed by atoms with van der Waals surface area (Å²) >= 11 is 5.91. The molecule has 0 aliphatic carbocycles. The molecule has 1 amide bonds. The van der Waals surface area contributed by atoms with Gasteiger partial charge in [0.05, 0.1) is 29.1 Å². The number of halogens is 4. The zero-order valence-corrected chi connectivity index (χ0v) is 18.4. The highest BCUT2D eigenvalue weighted by Crippen LogP contribution is 2.37. The first-order valence-corrected chi connectivity index (χ1v) is 10.6. The topological polar surface area (TPSA) is 72.4 Å². The van der Waals surface area contributed by atoms with Gasteiger partial charge in [-0.3, -0.25) is 5.32 Å². The van der Waals surface area contributed by atoms with Gasteiger partial charge in [0.25, 0.3) is 0 Å². The number of rotatable bonds is 4. The van der Waals surface area contributed by atoms with Crippen LogP contribution in [0.3, 0.4) is 0 Å². The molecule has 0 saturated carbocycles. The molecule has 2 aromatic rings. The number of carbonyl (C=O) groups is 1. The molecular weight excluding hydrogens is 463 g/mol. The summed E-state index contributed by atoms with van der Waals surface area (Å²) in [5, 5.41) is 7.93. The minimum Gasteiger partial charge on any atom is -0.497 e. The number of nitrogens with zero attached hydrogens (tertiary/aromatic N) is 2. The van der Waals surface area contributed by atoms with Crippen LogP contribution in [-0.2, 0) is 15.9 Å². The van der Waals surface area contributed by atoms with E-state index in [0.717, 1.165) is 35.2 Å². The summed E-state index contributed by atoms with van der Waals surface area (Å²) in [7, 11) is 1.60. The third-order valence-corrected chi connectivity index (χ3v) is 5.95. The van der Waals surface area contributed by atoms with E-state index in [2.05, 4.69) is 10.5 Å². The summed E-state index contributed by atoms with van der Waals surface area (Å²) in [5.41, 5.74) is 0.147. The predicted molar refractivity (Wildman–Crippen MR) is 115 cm³/mol. The van der Waals surface area contributed by atoms with Crippen LogP contribution in [-0.4, -0.2) is 42.7 Å². The highest BCUT2D eigenvalue weighted by molar-refractivity contribution is 6.33. The van der Waals surface area contributed by atoms with Crippen molar-refractivity contribution in [1.29, 1.82) is 0 Å². The van der Waals surface area contributed by atoms with Crippen molar-refractivity contribution in [3.8, 4) is 5.75 Å². The highest BCUT2D eigenvalue weighted by atomic mass is 35.5. The second kappa shape index (κ2) is 9.11. The van der Waals surface area contributed by atoms with Crippen molar-refractivity contribution in [2.24, 2.45) is 5.16 Å². The highest BCUT2D eigenvalue weighted by Gasteiger charge is 2.43. The number of benzene rings is 2. The quantitative estimate of drug-likeness (QED) is 0.622. The number of alkyl halides is 3. The molecule has 0 bridgehead atoms. The van der Waals surface area contributed by atoms with Gasteiger partial charge in [0.2, 0.25) is 0 Å². The summed E-state index contributed by atoms with van der Waals surface area (Å²) in [5.74, 6) is 0.728. The molecule has 33 heavy (non-hydrogen) atoms. The van der Waals surface area contributed by atoms with Gasteiger partial charge in [0.15, 0.2) is 0 Å². The number of nitrogens with one attached hydrogen (secondary N) is 1. The molecule has 2 aliphatic rings. The monoisotopic (exact) mass is 483 g/mol. The van der Waals surface area contributed by atoms with Gasteiger partial charge in [0.1, 0.15) is 11.4 Å². The number of anilines is 1. The third-order valence-electron chi connectivity index (χ3n) is 5.62. The van der Waals surface area contributed by atoms with Crippen molar-refractivity contribution in [2.45, 2.75) is 31.0 Å². The van der Waals surface area contributed by atoms with Crippen LogP contribution in [0.15, 0.2) is 47.6 Å². The molecule has 0 unspecified atom stereocenters. The lowest BCUT2D eigenvalue weighted by Crippen LogP contribution is -2.45. The number of ether oxygens (including phenoxy) is 1. The maximum Gasteiger partial charge on any atom is 0.430 e. The maximum atomic E-state index is 12.9. The predicted octanol–water partition coefficient (Wildman–Crippen LogP) is 5.49. The SMILES string of the molecule is COc1cccc(C2=NOC3(CCN(OC(=O)Nc4cc(C(F)(F)F)ccc4Cl)CC3)C2)c1. The maximum absolute atomic E-state index is 12.9. The van der Waals surface area contributed by atoms with Crippen molar-refractivity contribution >= 4 is 29.1 Å². The lowest BCUT2D eigenvalue weighted by molar-refractivity contribution is -0.154. The number of oxime groups is 1. The van der Waals surface area contributed by atoms with Gasteiger partial charge in [-0.1, -0.05) is 28.9 Å². The van der Waals surface area contributed by atoms with E-state index in [9.17, 15) is 18.0 Å². The molecule has 176 valence electrons. The van der Waals surface area contributed by atoms with E-state index in [1.165, 1.54) is 5.06 Å². The fourth-order valence-corrected chi connectivity index (χ4v) is 3.94. The van der Waals surface area contributed by atoms with Crippen molar-refractivity contribution in [2.75, 3.05) is 25.5 Å². The Bertz CT molecular complexity index is 1070. The first-order valence-electron chi connectivity index (χ1n) is 10.2. The summed E-state index contributed by atoms with van der Waals surface area (Å²) in [6, 6.07) is 10.2. The van der Waals surface area contributed by atoms with Crippen molar-refractivity contribution in [3.05, 3.63) is 58.6 Å². The summed E-state index contributed by atoms with van der Waals surface area (Å²) < 4.78 is 44.0. The third kappa shape index (κ3) is 5.33. The first kappa shape index (κ1) is 23.2. The Morgan fingerprint density at radius 3 is 2.67 bits per heavy atom. The Labute approximate surface area is 193 Å². The number of piperidine rings is 1. The van der Waals surface area contributed by atoms with Gasteiger partial charge in [-0.15, -0.1) is 5.06 Å². The van der Waals surface area contributed by atoms with Gasteiger partial charge in [-0.05, 0) is 30.3 Å². The second-order valence-corrected chi connectivity index (χ2v) is 8.25. The van der Waals surface area contributed by atoms with E-state index in [0.29, 0.717) is 32.4 Å². The Hall–Kier alpha value is -2.98. The van der Waals surface area contributed by atoms with Crippen LogP contribution >= 0.6 is 11.6 Å². The molecule has 1 fully saturated rings. The van der Waals surface area contributed by atoms with Crippen LogP contribution in [0.25, 0.3) is 0 Å². The molecule has 1 saturated heterocycles. The number of methoxy groups -OCH3 is 1. The summed E-state index contributed by atoms with van der Waals surface area (Å²) in [6.07, 6.45) is -3.75. The van der Waals surface area contributed by atoms with E-state index in [1.54, 1.807) is 7.11 Å². The molecule has 2 aromatic carbocycles. The smallest absolute Gasteiger partial charge is 0.430 e. The summed E-state index contributed by atoms with van der Waals surface area (Å²) in [6.45, 7) is 0.759. The number of carbonyl (C=O) groups excluding carboxylic acids is 1. The molecule has 1 spiro atoms. The van der Waals surface area contributed by atoms with Crippen molar-refractivity contribution < 1.29 is 32.4 Å². The summed E-state index contributed by atoms with van der Waals surface area (Å²) in [4.78, 5) is 23.2. The average molecular weight is 484 g/mol. The molecule has 4 rings (SSSR count). The Morgan fingerprint density at radius 1 is 1.21 bits per heavy atom. The molecule has 0 aromatic heterocycles. The number of amides is 1. The first-order chi connectivity index (χ1) is 15.7. The van der Waals surface area contributed by atoms with Crippen LogP contribution < -0.4 is 10.1 Å². The van der Waals surface area contributed by atoms with Crippen LogP contribution in [0.4, 0.5) is 23.7 Å². The van der Waals surface area contributed by atoms with Gasteiger partial charge in [0, 0.05) is 37.9 Å². The van der Waals surface area contributed by atoms with E-state index in [4.69, 9.17) is 26.0 Å². The lowest BCUT2D eigenvalue weighted by Gasteiger charge is -2.35. The molecule has 0 radical (unpaired) electrons. The standard InChI is InChI=1S/C22H21ClF3N3O4/c1-31-16-4-2-3-14(11-16)19-13-21(33-28-19)7-9-29(10-8-21)32-20(30)27-18-12-15(22(24,25)26)5-6-17(18)23/h2-6,11-12H,7-10,13H2,1H3,(H,27,30). The van der Waals surface area contributed by atoms with Crippen molar-refractivity contribution in [3.63, 3.8) is 0 Å². The zero-order chi connectivity index (χ0) is 23.6. The number of hydrogen-bond donors (Lipinski definition) is 1. The Morgan fingerprint density at radius 2 is 1.97 bits per heavy atom. The van der Waals surface area contributed by atoms with Crippen LogP contribution in [0.5, 0.6) is 5.75 Å². The molecule has 2 aliphatic heterocycles. The Balaban J connectivity index is 1.31. The molecule has 1 N–H and O–H groups in total. The normalized spacial score (nSPS) is 17.9. The minimum absolute atomic E-state index is 0.0286. The lowest BCUT2D eigenvalue weighted by atomic mass is 9.86. The van der Waals surface area contributed by atoms with Crippen LogP contribution in [0.2, 0.25) is 5.02 Å². The Kier molecular flexibility index (Phi) is 6.40. The fourth-order valence-electron chi connectivity index (χ4n) is 3.78. The number of hydrogen-bond acceptors (Lipinski definition) is 6. The van der Waals surface area contributed by atoms with E-state index < -0.39 is 23.4 Å².